The van der Waals surface area contributed by atoms with Crippen LogP contribution in [0.5, 0.6) is 0 Å². The van der Waals surface area contributed by atoms with Crippen LogP contribution in [0.4, 0.5) is 0 Å². The predicted molar refractivity (Wildman–Crippen MR) is 119 cm³/mol. The molecule has 1 atom stereocenters. The maximum Gasteiger partial charge on any atom is 0.324 e. The molecular formula is C22H23ClN2O5S. The third-order valence-electron chi connectivity index (χ3n) is 5.46. The molecule has 9 heteroatoms. The Kier molecular flexibility index (Phi) is 5.90. The summed E-state index contributed by atoms with van der Waals surface area (Å²) in [4.78, 5) is 24.1. The first kappa shape index (κ1) is 22.8. The van der Waals surface area contributed by atoms with Crippen LogP contribution >= 0.6 is 11.6 Å². The molecule has 0 saturated heterocycles. The summed E-state index contributed by atoms with van der Waals surface area (Å²) in [6.07, 6.45) is 0. The van der Waals surface area contributed by atoms with E-state index in [9.17, 15) is 23.1 Å². The number of aromatic nitrogens is 1. The maximum atomic E-state index is 12.8. The lowest BCUT2D eigenvalue weighted by molar-refractivity contribution is -0.139. The van der Waals surface area contributed by atoms with Gasteiger partial charge in [0.25, 0.3) is 5.91 Å². The van der Waals surface area contributed by atoms with Crippen molar-refractivity contribution in [3.8, 4) is 0 Å². The number of hydrogen-bond acceptors (Lipinski definition) is 4. The number of sulfone groups is 1. The van der Waals surface area contributed by atoms with Crippen LogP contribution in [-0.4, -0.2) is 34.7 Å². The molecule has 7 nitrogen and oxygen atoms in total. The zero-order valence-corrected chi connectivity index (χ0v) is 19.1. The number of carboxylic acid groups (broad SMARTS) is 1. The fourth-order valence-corrected chi connectivity index (χ4v) is 4.73. The predicted octanol–water partition coefficient (Wildman–Crippen LogP) is 3.96. The summed E-state index contributed by atoms with van der Waals surface area (Å²) in [5.41, 5.74) is 2.02. The zero-order valence-electron chi connectivity index (χ0n) is 17.5. The number of amides is 1. The van der Waals surface area contributed by atoms with Crippen LogP contribution in [0.15, 0.2) is 53.4 Å². The van der Waals surface area contributed by atoms with Gasteiger partial charge in [0, 0.05) is 23.0 Å². The molecule has 1 aromatic heterocycles. The fraction of sp³-hybridized carbons (Fsp3) is 0.273. The van der Waals surface area contributed by atoms with Gasteiger partial charge in [-0.05, 0) is 62.7 Å². The minimum absolute atomic E-state index is 0.0901. The van der Waals surface area contributed by atoms with Gasteiger partial charge in [0.1, 0.15) is 5.69 Å². The number of nitrogens with one attached hydrogen (secondary N) is 1. The lowest BCUT2D eigenvalue weighted by atomic mass is 10.1. The highest BCUT2D eigenvalue weighted by Gasteiger charge is 2.42. The summed E-state index contributed by atoms with van der Waals surface area (Å²) in [7, 11) is -2.28. The Bertz CT molecular complexity index is 1280. The molecule has 1 unspecified atom stereocenters. The molecule has 0 saturated carbocycles. The highest BCUT2D eigenvalue weighted by atomic mass is 35.5. The molecule has 0 spiro atoms. The number of aryl methyl sites for hydroxylation is 1. The topological polar surface area (TPSA) is 105 Å². The first-order valence-electron chi connectivity index (χ1n) is 9.50. The Hall–Kier alpha value is -2.84. The highest BCUT2D eigenvalue weighted by Crippen LogP contribution is 2.27. The van der Waals surface area contributed by atoms with E-state index in [1.807, 2.05) is 6.07 Å². The lowest BCUT2D eigenvalue weighted by Crippen LogP contribution is -2.40. The largest absolute Gasteiger partial charge is 0.480 e. The quantitative estimate of drug-likeness (QED) is 0.576. The smallest absolute Gasteiger partial charge is 0.324 e. The summed E-state index contributed by atoms with van der Waals surface area (Å²) >= 11 is 6.03. The normalized spacial score (nSPS) is 13.2. The summed E-state index contributed by atoms with van der Waals surface area (Å²) in [5.74, 6) is -1.71. The minimum atomic E-state index is -4.07. The van der Waals surface area contributed by atoms with Crippen molar-refractivity contribution in [1.29, 1.82) is 0 Å². The molecule has 0 bridgehead atoms. The Labute approximate surface area is 185 Å². The van der Waals surface area contributed by atoms with Crippen LogP contribution in [0.2, 0.25) is 5.02 Å². The van der Waals surface area contributed by atoms with E-state index < -0.39 is 26.6 Å². The number of carbonyl (C=O) groups excluding carboxylic acids is 1. The van der Waals surface area contributed by atoms with E-state index >= 15 is 0 Å². The second-order valence-electron chi connectivity index (χ2n) is 7.87. The Morgan fingerprint density at radius 1 is 1.10 bits per heavy atom. The molecule has 0 radical (unpaired) electrons. The number of benzene rings is 2. The van der Waals surface area contributed by atoms with Crippen LogP contribution in [0.25, 0.3) is 10.9 Å². The number of carboxylic acids is 1. The minimum Gasteiger partial charge on any atom is -0.480 e. The van der Waals surface area contributed by atoms with Crippen molar-refractivity contribution < 1.29 is 23.1 Å². The fourth-order valence-electron chi connectivity index (χ4n) is 3.24. The average molecular weight is 463 g/mol. The summed E-state index contributed by atoms with van der Waals surface area (Å²) in [6, 6.07) is 12.6. The molecule has 31 heavy (non-hydrogen) atoms. The van der Waals surface area contributed by atoms with Gasteiger partial charge in [0.2, 0.25) is 0 Å². The van der Waals surface area contributed by atoms with E-state index in [4.69, 9.17) is 11.6 Å². The van der Waals surface area contributed by atoms with E-state index in [1.165, 1.54) is 12.1 Å². The van der Waals surface area contributed by atoms with Gasteiger partial charge in [0.05, 0.1) is 10.9 Å². The Morgan fingerprint density at radius 3 is 2.29 bits per heavy atom. The van der Waals surface area contributed by atoms with Crippen molar-refractivity contribution in [3.05, 3.63) is 64.8 Å². The van der Waals surface area contributed by atoms with Crippen LogP contribution in [-0.2, 0) is 21.7 Å². The summed E-state index contributed by atoms with van der Waals surface area (Å²) < 4.78 is 25.1. The summed E-state index contributed by atoms with van der Waals surface area (Å²) in [6.45, 7) is 4.08. The van der Waals surface area contributed by atoms with E-state index in [0.717, 1.165) is 24.8 Å². The maximum absolute atomic E-state index is 12.8. The molecule has 2 aromatic carbocycles. The van der Waals surface area contributed by atoms with Crippen molar-refractivity contribution in [3.63, 3.8) is 0 Å². The molecule has 0 aliphatic heterocycles. The van der Waals surface area contributed by atoms with Crippen LogP contribution in [0.3, 0.4) is 0 Å². The number of hydrogen-bond donors (Lipinski definition) is 2. The van der Waals surface area contributed by atoms with Crippen molar-refractivity contribution in [2.24, 2.45) is 7.05 Å². The van der Waals surface area contributed by atoms with E-state index in [2.05, 4.69) is 5.32 Å². The van der Waals surface area contributed by atoms with Gasteiger partial charge in [-0.3, -0.25) is 9.59 Å². The van der Waals surface area contributed by atoms with Gasteiger partial charge in [-0.15, -0.1) is 0 Å². The number of rotatable bonds is 6. The first-order chi connectivity index (χ1) is 14.4. The van der Waals surface area contributed by atoms with Crippen molar-refractivity contribution in [1.82, 2.24) is 9.88 Å². The lowest BCUT2D eigenvalue weighted by Gasteiger charge is -2.20. The van der Waals surface area contributed by atoms with Gasteiger partial charge in [-0.25, -0.2) is 8.42 Å². The summed E-state index contributed by atoms with van der Waals surface area (Å²) in [5, 5.41) is 13.6. The molecule has 164 valence electrons. The zero-order chi connectivity index (χ0) is 23.1. The molecule has 0 aliphatic rings. The second-order valence-corrected chi connectivity index (χ2v) is 10.8. The molecule has 0 fully saturated rings. The molecule has 2 N–H and O–H groups in total. The molecule has 1 heterocycles. The SMILES string of the molecule is CC(NC(=O)c1cc2cc(Cl)ccc2n1C)c1ccc(S(=O)(=O)C(C)(C)C(=O)O)cc1. The number of carbonyl (C=O) groups is 2. The first-order valence-corrected chi connectivity index (χ1v) is 11.4. The van der Waals surface area contributed by atoms with Crippen LogP contribution in [0.1, 0.15) is 42.9 Å². The molecule has 3 rings (SSSR count). The van der Waals surface area contributed by atoms with E-state index in [-0.39, 0.29) is 10.8 Å². The van der Waals surface area contributed by atoms with Gasteiger partial charge < -0.3 is 15.0 Å². The van der Waals surface area contributed by atoms with E-state index in [1.54, 1.807) is 48.9 Å². The molecule has 3 aromatic rings. The van der Waals surface area contributed by atoms with Crippen LogP contribution < -0.4 is 5.32 Å². The Morgan fingerprint density at radius 2 is 1.71 bits per heavy atom. The average Bonchev–Trinajstić information content (AvgIpc) is 3.03. The van der Waals surface area contributed by atoms with Crippen LogP contribution in [0, 0.1) is 0 Å². The number of nitrogens with zero attached hydrogens (tertiary/aromatic N) is 1. The van der Waals surface area contributed by atoms with Gasteiger partial charge >= 0.3 is 5.97 Å². The molecule has 1 amide bonds. The third kappa shape index (κ3) is 4.05. The highest BCUT2D eigenvalue weighted by molar-refractivity contribution is 7.93. The van der Waals surface area contributed by atoms with E-state index in [0.29, 0.717) is 16.3 Å². The van der Waals surface area contributed by atoms with Crippen molar-refractivity contribution in [2.45, 2.75) is 36.5 Å². The van der Waals surface area contributed by atoms with Gasteiger partial charge in [-0.1, -0.05) is 23.7 Å². The van der Waals surface area contributed by atoms with Crippen molar-refractivity contribution >= 4 is 44.2 Å². The standard InChI is InChI=1S/C22H23ClN2O5S/c1-13(14-5-8-17(9-6-14)31(29,30)22(2,3)21(27)28)24-20(26)19-12-15-11-16(23)7-10-18(15)25(19)4/h5-13H,1-4H3,(H,24,26)(H,27,28). The van der Waals surface area contributed by atoms with Gasteiger partial charge in [0.15, 0.2) is 14.6 Å². The number of aliphatic carboxylic acids is 1. The Balaban J connectivity index is 1.81. The van der Waals surface area contributed by atoms with Gasteiger partial charge in [-0.2, -0.15) is 0 Å². The molecule has 0 aliphatic carbocycles. The molecular weight excluding hydrogens is 440 g/mol. The number of halogens is 1. The monoisotopic (exact) mass is 462 g/mol. The number of fused-ring (bicyclic) bond motifs is 1. The third-order valence-corrected chi connectivity index (χ3v) is 8.11. The second kappa shape index (κ2) is 8.01. The van der Waals surface area contributed by atoms with Crippen molar-refractivity contribution in [2.75, 3.05) is 0 Å².